The number of hydrogen-bond donors (Lipinski definition) is 3. The van der Waals surface area contributed by atoms with Crippen molar-refractivity contribution in [1.29, 1.82) is 5.26 Å². The second kappa shape index (κ2) is 7.21. The molecule has 0 bridgehead atoms. The fraction of sp³-hybridized carbons (Fsp3) is 0.417. The number of anilines is 1. The predicted molar refractivity (Wildman–Crippen MR) is 73.3 cm³/mol. The van der Waals surface area contributed by atoms with Crippen LogP contribution >= 0.6 is 0 Å². The maximum absolute atomic E-state index is 12.2. The molecule has 0 heterocycles. The summed E-state index contributed by atoms with van der Waals surface area (Å²) in [5.74, 6) is 0. The average molecular weight is 299 g/mol. The van der Waals surface area contributed by atoms with Crippen molar-refractivity contribution in [2.45, 2.75) is 17.4 Å². The fourth-order valence-corrected chi connectivity index (χ4v) is 3.05. The molecule has 0 radical (unpaired) electrons. The van der Waals surface area contributed by atoms with E-state index in [9.17, 15) is 8.42 Å². The van der Waals surface area contributed by atoms with Gasteiger partial charge in [-0.1, -0.05) is 0 Å². The van der Waals surface area contributed by atoms with Crippen LogP contribution in [0.5, 0.6) is 0 Å². The van der Waals surface area contributed by atoms with Gasteiger partial charge in [-0.05, 0) is 24.6 Å². The molecule has 1 rings (SSSR count). The molecular weight excluding hydrogens is 282 g/mol. The van der Waals surface area contributed by atoms with E-state index < -0.39 is 16.1 Å². The number of nitrogens with one attached hydrogen (secondary N) is 1. The van der Waals surface area contributed by atoms with Crippen LogP contribution < -0.4 is 10.5 Å². The molecule has 0 saturated heterocycles. The number of aliphatic hydroxyl groups excluding tert-OH is 1. The third-order valence-electron chi connectivity index (χ3n) is 2.60. The van der Waals surface area contributed by atoms with Crippen molar-refractivity contribution in [2.75, 3.05) is 26.1 Å². The van der Waals surface area contributed by atoms with Crippen molar-refractivity contribution in [1.82, 2.24) is 4.72 Å². The summed E-state index contributed by atoms with van der Waals surface area (Å²) in [6, 6.07) is 5.28. The molecule has 4 N–H and O–H groups in total. The van der Waals surface area contributed by atoms with Crippen molar-refractivity contribution in [2.24, 2.45) is 0 Å². The Hall–Kier alpha value is -1.66. The number of hydrogen-bond acceptors (Lipinski definition) is 6. The van der Waals surface area contributed by atoms with Crippen LogP contribution in [-0.4, -0.2) is 39.9 Å². The minimum atomic E-state index is -3.84. The summed E-state index contributed by atoms with van der Waals surface area (Å²) in [5.41, 5.74) is 5.94. The maximum Gasteiger partial charge on any atom is 0.242 e. The largest absolute Gasteiger partial charge is 0.398 e. The highest BCUT2D eigenvalue weighted by molar-refractivity contribution is 7.89. The van der Waals surface area contributed by atoms with Crippen molar-refractivity contribution >= 4 is 15.7 Å². The summed E-state index contributed by atoms with van der Waals surface area (Å²) in [6.07, 6.45) is 0.225. The van der Waals surface area contributed by atoms with E-state index in [1.54, 1.807) is 0 Å². The number of benzene rings is 1. The first-order valence-electron chi connectivity index (χ1n) is 5.86. The quantitative estimate of drug-likeness (QED) is 0.599. The molecule has 1 unspecified atom stereocenters. The van der Waals surface area contributed by atoms with Gasteiger partial charge in [0.25, 0.3) is 0 Å². The lowest BCUT2D eigenvalue weighted by atomic mass is 10.2. The lowest BCUT2D eigenvalue weighted by Gasteiger charge is -2.17. The van der Waals surface area contributed by atoms with Gasteiger partial charge in [-0.3, -0.25) is 0 Å². The number of nitrogens with two attached hydrogens (primary N) is 1. The molecule has 0 aliphatic heterocycles. The lowest BCUT2D eigenvalue weighted by molar-refractivity contribution is 0.158. The molecule has 0 fully saturated rings. The zero-order valence-corrected chi connectivity index (χ0v) is 11.9. The van der Waals surface area contributed by atoms with Crippen molar-refractivity contribution in [3.63, 3.8) is 0 Å². The summed E-state index contributed by atoms with van der Waals surface area (Å²) in [7, 11) is -2.40. The number of ether oxygens (including phenoxy) is 1. The van der Waals surface area contributed by atoms with E-state index in [1.165, 1.54) is 25.3 Å². The molecule has 0 saturated carbocycles. The second-order valence-corrected chi connectivity index (χ2v) is 5.83. The normalized spacial score (nSPS) is 12.8. The smallest absolute Gasteiger partial charge is 0.242 e. The van der Waals surface area contributed by atoms with Crippen LogP contribution in [-0.2, 0) is 14.8 Å². The number of aliphatic hydroxyl groups is 1. The Morgan fingerprint density at radius 1 is 1.55 bits per heavy atom. The fourth-order valence-electron chi connectivity index (χ4n) is 1.68. The average Bonchev–Trinajstić information content (AvgIpc) is 2.38. The standard InChI is InChI=1S/C12H17N3O4S/c1-19-8-10(4-5-16)15-20(17,18)12-3-2-9(7-13)6-11(12)14/h2-3,6,10,15-16H,4-5,8,14H2,1H3. The summed E-state index contributed by atoms with van der Waals surface area (Å²) in [6.45, 7) is -0.0324. The maximum atomic E-state index is 12.2. The Kier molecular flexibility index (Phi) is 5.91. The molecule has 0 amide bonds. The summed E-state index contributed by atoms with van der Waals surface area (Å²) in [4.78, 5) is -0.101. The van der Waals surface area contributed by atoms with Gasteiger partial charge in [0.2, 0.25) is 10.0 Å². The molecule has 0 aliphatic carbocycles. The van der Waals surface area contributed by atoms with Crippen LogP contribution in [0, 0.1) is 11.3 Å². The van der Waals surface area contributed by atoms with Crippen LogP contribution in [0.4, 0.5) is 5.69 Å². The molecule has 110 valence electrons. The van der Waals surface area contributed by atoms with Gasteiger partial charge < -0.3 is 15.6 Å². The van der Waals surface area contributed by atoms with Crippen molar-refractivity contribution in [3.05, 3.63) is 23.8 Å². The SMILES string of the molecule is COCC(CCO)NS(=O)(=O)c1ccc(C#N)cc1N. The molecule has 1 aromatic carbocycles. The molecule has 1 atom stereocenters. The number of nitriles is 1. The van der Waals surface area contributed by atoms with Gasteiger partial charge in [0, 0.05) is 19.8 Å². The van der Waals surface area contributed by atoms with Crippen LogP contribution in [0.2, 0.25) is 0 Å². The highest BCUT2D eigenvalue weighted by Crippen LogP contribution is 2.20. The Morgan fingerprint density at radius 2 is 2.25 bits per heavy atom. The number of sulfonamides is 1. The third-order valence-corrected chi connectivity index (χ3v) is 4.19. The van der Waals surface area contributed by atoms with Crippen molar-refractivity contribution < 1.29 is 18.3 Å². The van der Waals surface area contributed by atoms with E-state index in [-0.39, 0.29) is 35.8 Å². The first-order chi connectivity index (χ1) is 9.44. The Morgan fingerprint density at radius 3 is 2.75 bits per heavy atom. The van der Waals surface area contributed by atoms with E-state index in [0.717, 1.165) is 0 Å². The summed E-state index contributed by atoms with van der Waals surface area (Å²) < 4.78 is 31.7. The monoisotopic (exact) mass is 299 g/mol. The van der Waals surface area contributed by atoms with E-state index >= 15 is 0 Å². The van der Waals surface area contributed by atoms with Gasteiger partial charge in [0.1, 0.15) is 4.90 Å². The highest BCUT2D eigenvalue weighted by atomic mass is 32.2. The summed E-state index contributed by atoms with van der Waals surface area (Å²) >= 11 is 0. The molecule has 20 heavy (non-hydrogen) atoms. The molecule has 7 nitrogen and oxygen atoms in total. The minimum absolute atomic E-state index is 0.00304. The first kappa shape index (κ1) is 16.4. The van der Waals surface area contributed by atoms with Crippen LogP contribution in [0.25, 0.3) is 0 Å². The van der Waals surface area contributed by atoms with Gasteiger partial charge in [-0.15, -0.1) is 0 Å². The van der Waals surface area contributed by atoms with Crippen LogP contribution in [0.1, 0.15) is 12.0 Å². The van der Waals surface area contributed by atoms with Gasteiger partial charge in [0.15, 0.2) is 0 Å². The third kappa shape index (κ3) is 4.18. The number of methoxy groups -OCH3 is 1. The lowest BCUT2D eigenvalue weighted by Crippen LogP contribution is -2.38. The first-order valence-corrected chi connectivity index (χ1v) is 7.34. The molecule has 0 spiro atoms. The Bertz CT molecular complexity index is 589. The van der Waals surface area contributed by atoms with E-state index in [4.69, 9.17) is 20.8 Å². The molecular formula is C12H17N3O4S. The molecule has 0 aromatic heterocycles. The second-order valence-electron chi connectivity index (χ2n) is 4.15. The topological polar surface area (TPSA) is 125 Å². The number of nitrogens with zero attached hydrogens (tertiary/aromatic N) is 1. The highest BCUT2D eigenvalue weighted by Gasteiger charge is 2.22. The zero-order chi connectivity index (χ0) is 15.2. The van der Waals surface area contributed by atoms with Gasteiger partial charge in [0.05, 0.1) is 23.9 Å². The summed E-state index contributed by atoms with van der Waals surface area (Å²) in [5, 5.41) is 17.6. The van der Waals surface area contributed by atoms with Crippen molar-refractivity contribution in [3.8, 4) is 6.07 Å². The molecule has 1 aromatic rings. The number of nitrogen functional groups attached to an aromatic ring is 1. The predicted octanol–water partition coefficient (Wildman–Crippen LogP) is -0.184. The number of rotatable bonds is 7. The van der Waals surface area contributed by atoms with Gasteiger partial charge in [-0.25, -0.2) is 13.1 Å². The molecule has 8 heteroatoms. The Labute approximate surface area is 118 Å². The van der Waals surface area contributed by atoms with Gasteiger partial charge >= 0.3 is 0 Å². The Balaban J connectivity index is 3.01. The van der Waals surface area contributed by atoms with E-state index in [0.29, 0.717) is 0 Å². The van der Waals surface area contributed by atoms with E-state index in [1.807, 2.05) is 6.07 Å². The molecule has 0 aliphatic rings. The minimum Gasteiger partial charge on any atom is -0.398 e. The van der Waals surface area contributed by atoms with Gasteiger partial charge in [-0.2, -0.15) is 5.26 Å². The van der Waals surface area contributed by atoms with Crippen LogP contribution in [0.3, 0.4) is 0 Å². The zero-order valence-electron chi connectivity index (χ0n) is 11.0. The van der Waals surface area contributed by atoms with E-state index in [2.05, 4.69) is 4.72 Å². The van der Waals surface area contributed by atoms with Crippen LogP contribution in [0.15, 0.2) is 23.1 Å².